The molecule has 1 saturated heterocycles. The van der Waals surface area contributed by atoms with Gasteiger partial charge in [-0.1, -0.05) is 36.4 Å². The predicted molar refractivity (Wildman–Crippen MR) is 114 cm³/mol. The fourth-order valence-corrected chi connectivity index (χ4v) is 3.52. The first kappa shape index (κ1) is 18.7. The molecule has 0 atom stereocenters. The lowest BCUT2D eigenvalue weighted by molar-refractivity contribution is -0.383. The Labute approximate surface area is 169 Å². The Morgan fingerprint density at radius 2 is 1.59 bits per heavy atom. The summed E-state index contributed by atoms with van der Waals surface area (Å²) in [5, 5.41) is 15.0. The van der Waals surface area contributed by atoms with Gasteiger partial charge in [0.15, 0.2) is 0 Å². The zero-order valence-electron chi connectivity index (χ0n) is 16.2. The van der Waals surface area contributed by atoms with E-state index in [1.165, 1.54) is 6.33 Å². The molecule has 1 aromatic heterocycles. The summed E-state index contributed by atoms with van der Waals surface area (Å²) >= 11 is 0. The first-order valence-corrected chi connectivity index (χ1v) is 9.50. The summed E-state index contributed by atoms with van der Waals surface area (Å²) in [6.07, 6.45) is 1.38. The van der Waals surface area contributed by atoms with E-state index in [0.29, 0.717) is 18.9 Å². The molecular formula is C21H22N6O2. The zero-order chi connectivity index (χ0) is 20.2. The summed E-state index contributed by atoms with van der Waals surface area (Å²) in [5.74, 6) is 0.564. The molecule has 1 fully saturated rings. The van der Waals surface area contributed by atoms with Crippen LogP contribution in [0.25, 0.3) is 0 Å². The number of nitrogens with zero attached hydrogens (tertiary/aromatic N) is 5. The topological polar surface area (TPSA) is 87.4 Å². The van der Waals surface area contributed by atoms with Crippen molar-refractivity contribution in [1.29, 1.82) is 0 Å². The third kappa shape index (κ3) is 3.96. The second-order valence-electron chi connectivity index (χ2n) is 6.90. The van der Waals surface area contributed by atoms with Crippen LogP contribution in [0, 0.1) is 17.0 Å². The van der Waals surface area contributed by atoms with Crippen molar-refractivity contribution in [1.82, 2.24) is 9.97 Å². The minimum absolute atomic E-state index is 0.0936. The summed E-state index contributed by atoms with van der Waals surface area (Å²) < 4.78 is 0. The molecule has 0 saturated carbocycles. The zero-order valence-corrected chi connectivity index (χ0v) is 16.2. The van der Waals surface area contributed by atoms with Gasteiger partial charge in [0.2, 0.25) is 11.6 Å². The van der Waals surface area contributed by atoms with Crippen LogP contribution in [-0.2, 0) is 0 Å². The van der Waals surface area contributed by atoms with Gasteiger partial charge in [-0.25, -0.2) is 9.97 Å². The van der Waals surface area contributed by atoms with Crippen LogP contribution in [0.3, 0.4) is 0 Å². The van der Waals surface area contributed by atoms with Gasteiger partial charge in [-0.05, 0) is 30.7 Å². The molecule has 8 heteroatoms. The lowest BCUT2D eigenvalue weighted by atomic mass is 10.2. The highest BCUT2D eigenvalue weighted by atomic mass is 16.6. The van der Waals surface area contributed by atoms with E-state index in [0.717, 1.165) is 30.0 Å². The first-order valence-electron chi connectivity index (χ1n) is 9.50. The van der Waals surface area contributed by atoms with Crippen molar-refractivity contribution in [2.24, 2.45) is 0 Å². The maximum Gasteiger partial charge on any atom is 0.353 e. The quantitative estimate of drug-likeness (QED) is 0.524. The van der Waals surface area contributed by atoms with Gasteiger partial charge in [0, 0.05) is 37.6 Å². The van der Waals surface area contributed by atoms with Crippen LogP contribution >= 0.6 is 0 Å². The monoisotopic (exact) mass is 390 g/mol. The van der Waals surface area contributed by atoms with E-state index in [2.05, 4.69) is 32.3 Å². The van der Waals surface area contributed by atoms with Crippen molar-refractivity contribution in [3.05, 3.63) is 76.6 Å². The van der Waals surface area contributed by atoms with Gasteiger partial charge in [0.05, 0.1) is 4.92 Å². The Morgan fingerprint density at radius 3 is 2.28 bits per heavy atom. The molecule has 1 aliphatic heterocycles. The first-order chi connectivity index (χ1) is 14.1. The minimum atomic E-state index is -0.403. The van der Waals surface area contributed by atoms with Crippen molar-refractivity contribution in [3.8, 4) is 0 Å². The molecule has 29 heavy (non-hydrogen) atoms. The molecule has 4 rings (SSSR count). The Kier molecular flexibility index (Phi) is 5.24. The number of rotatable bonds is 5. The van der Waals surface area contributed by atoms with Crippen molar-refractivity contribution < 1.29 is 4.92 Å². The highest BCUT2D eigenvalue weighted by Gasteiger charge is 2.29. The Hall–Kier alpha value is -3.68. The molecule has 3 aromatic rings. The Balaban J connectivity index is 1.58. The molecule has 2 heterocycles. The maximum atomic E-state index is 11.9. The van der Waals surface area contributed by atoms with Crippen molar-refractivity contribution >= 4 is 28.7 Å². The molecule has 0 spiro atoms. The SMILES string of the molecule is Cc1ccccc1Nc1ncnc(N2CCN(c3ccccc3)CC2)c1[N+](=O)[O-]. The van der Waals surface area contributed by atoms with E-state index in [1.807, 2.05) is 54.3 Å². The molecular weight excluding hydrogens is 368 g/mol. The standard InChI is InChI=1S/C21H22N6O2/c1-16-7-5-6-10-18(16)24-20-19(27(28)29)21(23-15-22-20)26-13-11-25(12-14-26)17-8-3-2-4-9-17/h2-10,15H,11-14H2,1H3,(H,22,23,24). The number of aryl methyl sites for hydroxylation is 1. The number of benzene rings is 2. The van der Waals surface area contributed by atoms with Crippen LogP contribution in [0.5, 0.6) is 0 Å². The van der Waals surface area contributed by atoms with Gasteiger partial charge in [-0.3, -0.25) is 10.1 Å². The second kappa shape index (κ2) is 8.14. The lowest BCUT2D eigenvalue weighted by Crippen LogP contribution is -2.47. The number of anilines is 4. The van der Waals surface area contributed by atoms with E-state index in [9.17, 15) is 10.1 Å². The third-order valence-electron chi connectivity index (χ3n) is 5.08. The van der Waals surface area contributed by atoms with E-state index < -0.39 is 4.92 Å². The van der Waals surface area contributed by atoms with Crippen LogP contribution in [0.1, 0.15) is 5.56 Å². The summed E-state index contributed by atoms with van der Waals surface area (Å²) in [4.78, 5) is 24.1. The number of piperazine rings is 1. The largest absolute Gasteiger partial charge is 0.368 e. The molecule has 1 aliphatic rings. The minimum Gasteiger partial charge on any atom is -0.368 e. The highest BCUT2D eigenvalue weighted by molar-refractivity contribution is 5.75. The number of aromatic nitrogens is 2. The van der Waals surface area contributed by atoms with Gasteiger partial charge in [0.25, 0.3) is 0 Å². The second-order valence-corrected chi connectivity index (χ2v) is 6.90. The summed E-state index contributed by atoms with van der Waals surface area (Å²) in [5.41, 5.74) is 2.84. The fraction of sp³-hybridized carbons (Fsp3) is 0.238. The van der Waals surface area contributed by atoms with Crippen molar-refractivity contribution in [3.63, 3.8) is 0 Å². The molecule has 0 unspecified atom stereocenters. The Morgan fingerprint density at radius 1 is 0.931 bits per heavy atom. The van der Waals surface area contributed by atoms with Gasteiger partial charge in [0.1, 0.15) is 6.33 Å². The molecule has 0 aliphatic carbocycles. The number of hydrogen-bond acceptors (Lipinski definition) is 7. The van der Waals surface area contributed by atoms with Crippen LogP contribution in [0.4, 0.5) is 28.7 Å². The van der Waals surface area contributed by atoms with Gasteiger partial charge >= 0.3 is 5.69 Å². The highest BCUT2D eigenvalue weighted by Crippen LogP contribution is 2.34. The van der Waals surface area contributed by atoms with Crippen molar-refractivity contribution in [2.75, 3.05) is 41.3 Å². The number of nitro groups is 1. The smallest absolute Gasteiger partial charge is 0.353 e. The summed E-state index contributed by atoms with van der Waals surface area (Å²) in [7, 11) is 0. The van der Waals surface area contributed by atoms with E-state index in [-0.39, 0.29) is 11.5 Å². The van der Waals surface area contributed by atoms with Crippen LogP contribution < -0.4 is 15.1 Å². The van der Waals surface area contributed by atoms with Crippen molar-refractivity contribution in [2.45, 2.75) is 6.92 Å². The number of para-hydroxylation sites is 2. The molecule has 0 amide bonds. The lowest BCUT2D eigenvalue weighted by Gasteiger charge is -2.36. The maximum absolute atomic E-state index is 11.9. The van der Waals surface area contributed by atoms with E-state index >= 15 is 0 Å². The van der Waals surface area contributed by atoms with E-state index in [4.69, 9.17) is 0 Å². The molecule has 148 valence electrons. The summed E-state index contributed by atoms with van der Waals surface area (Å²) in [6, 6.07) is 17.8. The van der Waals surface area contributed by atoms with E-state index in [1.54, 1.807) is 0 Å². The fourth-order valence-electron chi connectivity index (χ4n) is 3.52. The molecule has 2 aromatic carbocycles. The van der Waals surface area contributed by atoms with Gasteiger partial charge in [-0.2, -0.15) is 0 Å². The third-order valence-corrected chi connectivity index (χ3v) is 5.08. The molecule has 0 bridgehead atoms. The average Bonchev–Trinajstić information content (AvgIpc) is 2.76. The average molecular weight is 390 g/mol. The number of nitrogens with one attached hydrogen (secondary N) is 1. The normalized spacial score (nSPS) is 14.0. The Bertz CT molecular complexity index is 1000. The van der Waals surface area contributed by atoms with Crippen LogP contribution in [0.2, 0.25) is 0 Å². The van der Waals surface area contributed by atoms with Gasteiger partial charge < -0.3 is 15.1 Å². The van der Waals surface area contributed by atoms with Crippen LogP contribution in [0.15, 0.2) is 60.9 Å². The van der Waals surface area contributed by atoms with Crippen LogP contribution in [-0.4, -0.2) is 41.1 Å². The number of hydrogen-bond donors (Lipinski definition) is 1. The molecule has 1 N–H and O–H groups in total. The molecule has 0 radical (unpaired) electrons. The summed E-state index contributed by atoms with van der Waals surface area (Å²) in [6.45, 7) is 4.78. The predicted octanol–water partition coefficient (Wildman–Crippen LogP) is 3.76. The molecule has 8 nitrogen and oxygen atoms in total. The van der Waals surface area contributed by atoms with Gasteiger partial charge in [-0.15, -0.1) is 0 Å².